The molecule has 36 heavy (non-hydrogen) atoms. The summed E-state index contributed by atoms with van der Waals surface area (Å²) < 4.78 is 33.2. The number of aromatic hydroxyl groups is 1. The number of carbonyl (C=O) groups is 1. The van der Waals surface area contributed by atoms with Crippen LogP contribution in [0.5, 0.6) is 28.7 Å². The highest BCUT2D eigenvalue weighted by Gasteiger charge is 2.52. The van der Waals surface area contributed by atoms with Gasteiger partial charge in [0.05, 0.1) is 33.4 Å². The average Bonchev–Trinajstić information content (AvgIpc) is 3.50. The topological polar surface area (TPSA) is 95.9 Å². The molecule has 3 aliphatic rings. The first-order chi connectivity index (χ1) is 17.5. The van der Waals surface area contributed by atoms with E-state index >= 15 is 0 Å². The lowest BCUT2D eigenvalue weighted by Crippen LogP contribution is -2.36. The fourth-order valence-corrected chi connectivity index (χ4v) is 5.86. The van der Waals surface area contributed by atoms with Crippen molar-refractivity contribution < 1.29 is 38.3 Å². The maximum Gasteiger partial charge on any atom is 0.310 e. The molecule has 4 atom stereocenters. The van der Waals surface area contributed by atoms with E-state index in [1.807, 2.05) is 6.07 Å². The fourth-order valence-electron chi connectivity index (χ4n) is 5.86. The first kappa shape index (κ1) is 24.5. The molecular formula is C27H33NO8. The third-order valence-electron chi connectivity index (χ3n) is 7.70. The van der Waals surface area contributed by atoms with Gasteiger partial charge in [0.2, 0.25) is 12.5 Å². The first-order valence-corrected chi connectivity index (χ1v) is 12.2. The highest BCUT2D eigenvalue weighted by atomic mass is 16.7. The van der Waals surface area contributed by atoms with Crippen molar-refractivity contribution in [3.63, 3.8) is 0 Å². The van der Waals surface area contributed by atoms with Gasteiger partial charge < -0.3 is 38.4 Å². The van der Waals surface area contributed by atoms with Crippen LogP contribution in [-0.4, -0.2) is 77.4 Å². The Hall–Kier alpha value is -3.17. The third kappa shape index (κ3) is 4.20. The molecule has 0 amide bonds. The van der Waals surface area contributed by atoms with Gasteiger partial charge in [0.25, 0.3) is 0 Å². The number of esters is 1. The second kappa shape index (κ2) is 10.1. The van der Waals surface area contributed by atoms with Crippen LogP contribution in [0.3, 0.4) is 0 Å². The van der Waals surface area contributed by atoms with E-state index < -0.39 is 0 Å². The van der Waals surface area contributed by atoms with Crippen molar-refractivity contribution in [3.8, 4) is 28.7 Å². The summed E-state index contributed by atoms with van der Waals surface area (Å²) >= 11 is 0. The van der Waals surface area contributed by atoms with Crippen LogP contribution in [0.4, 0.5) is 0 Å². The Kier molecular flexibility index (Phi) is 6.85. The van der Waals surface area contributed by atoms with E-state index in [1.54, 1.807) is 19.2 Å². The molecule has 0 unspecified atom stereocenters. The highest BCUT2D eigenvalue weighted by molar-refractivity contribution is 5.79. The van der Waals surface area contributed by atoms with Crippen molar-refractivity contribution >= 4 is 5.97 Å². The van der Waals surface area contributed by atoms with Crippen LogP contribution in [0.15, 0.2) is 24.3 Å². The Morgan fingerprint density at radius 3 is 2.28 bits per heavy atom. The standard InChI is InChI=1S/C27H33NO8/c1-28(7-8-31-2)6-5-16-17-11-20-21(36-14-35-20)12-18(17)24(25-19(16)13-34-27(25)30)15-9-22(32-3)26(29)23(10-15)33-4/h9-12,16,19,24-25,29H,5-8,13-14H2,1-4H3/t16-,19-,24-,25+/m1/s1. The SMILES string of the molecule is COCCN(C)CC[C@@H]1c2cc3c(cc2[C@@H](c2cc(OC)c(O)c(OC)c2)[C@H]2C(=O)OC[C@@H]21)OCO3. The molecule has 0 saturated carbocycles. The largest absolute Gasteiger partial charge is 0.502 e. The number of rotatable bonds is 9. The lowest BCUT2D eigenvalue weighted by molar-refractivity contribution is -0.141. The molecule has 2 aromatic rings. The predicted molar refractivity (Wildman–Crippen MR) is 130 cm³/mol. The zero-order chi connectivity index (χ0) is 25.4. The minimum Gasteiger partial charge on any atom is -0.502 e. The van der Waals surface area contributed by atoms with E-state index in [4.69, 9.17) is 28.4 Å². The molecule has 0 radical (unpaired) electrons. The van der Waals surface area contributed by atoms with E-state index in [2.05, 4.69) is 18.0 Å². The van der Waals surface area contributed by atoms with E-state index in [0.29, 0.717) is 19.0 Å². The summed E-state index contributed by atoms with van der Waals surface area (Å²) in [6.45, 7) is 2.88. The fraction of sp³-hybridized carbons (Fsp3) is 0.519. The maximum atomic E-state index is 13.2. The van der Waals surface area contributed by atoms with Gasteiger partial charge in [0.15, 0.2) is 23.0 Å². The number of nitrogens with zero attached hydrogens (tertiary/aromatic N) is 1. The Bertz CT molecular complexity index is 1110. The van der Waals surface area contributed by atoms with Gasteiger partial charge in [-0.2, -0.15) is 0 Å². The molecule has 1 N–H and O–H groups in total. The number of carbonyl (C=O) groups excluding carboxylic acids is 1. The molecule has 5 rings (SSSR count). The number of hydrogen-bond donors (Lipinski definition) is 1. The molecule has 1 saturated heterocycles. The van der Waals surface area contributed by atoms with E-state index in [-0.39, 0.29) is 53.7 Å². The van der Waals surface area contributed by atoms with Gasteiger partial charge in [-0.05, 0) is 66.9 Å². The number of phenols is 1. The van der Waals surface area contributed by atoms with Crippen LogP contribution in [0.25, 0.3) is 0 Å². The van der Waals surface area contributed by atoms with Crippen molar-refractivity contribution in [1.82, 2.24) is 4.90 Å². The van der Waals surface area contributed by atoms with Gasteiger partial charge in [0.1, 0.15) is 0 Å². The molecule has 1 fully saturated rings. The number of likely N-dealkylation sites (N-methyl/N-ethyl adjacent to an activating group) is 1. The quantitative estimate of drug-likeness (QED) is 0.522. The molecule has 0 spiro atoms. The van der Waals surface area contributed by atoms with Gasteiger partial charge in [-0.15, -0.1) is 0 Å². The van der Waals surface area contributed by atoms with Crippen molar-refractivity contribution in [1.29, 1.82) is 0 Å². The molecule has 9 nitrogen and oxygen atoms in total. The van der Waals surface area contributed by atoms with Crippen LogP contribution >= 0.6 is 0 Å². The van der Waals surface area contributed by atoms with Crippen LogP contribution in [0.1, 0.15) is 34.9 Å². The number of fused-ring (bicyclic) bond motifs is 3. The molecular weight excluding hydrogens is 466 g/mol. The summed E-state index contributed by atoms with van der Waals surface area (Å²) in [6.07, 6.45) is 0.861. The summed E-state index contributed by atoms with van der Waals surface area (Å²) in [4.78, 5) is 15.5. The molecule has 0 aromatic heterocycles. The normalized spacial score (nSPS) is 23.9. The molecule has 2 aliphatic heterocycles. The Morgan fingerprint density at radius 2 is 1.64 bits per heavy atom. The number of benzene rings is 2. The number of ether oxygens (including phenoxy) is 6. The molecule has 2 heterocycles. The van der Waals surface area contributed by atoms with Crippen LogP contribution in [0, 0.1) is 11.8 Å². The predicted octanol–water partition coefficient (Wildman–Crippen LogP) is 3.12. The smallest absolute Gasteiger partial charge is 0.310 e. The number of phenolic OH excluding ortho intramolecular Hbond substituents is 1. The van der Waals surface area contributed by atoms with Gasteiger partial charge in [-0.3, -0.25) is 4.79 Å². The second-order valence-electron chi connectivity index (χ2n) is 9.60. The number of cyclic esters (lactones) is 1. The molecule has 2 aromatic carbocycles. The number of methoxy groups -OCH3 is 3. The number of hydrogen-bond acceptors (Lipinski definition) is 9. The molecule has 9 heteroatoms. The maximum absolute atomic E-state index is 13.2. The van der Waals surface area contributed by atoms with Crippen LogP contribution in [-0.2, 0) is 14.3 Å². The van der Waals surface area contributed by atoms with Gasteiger partial charge in [-0.1, -0.05) is 0 Å². The Morgan fingerprint density at radius 1 is 0.972 bits per heavy atom. The minimum atomic E-state index is -0.383. The minimum absolute atomic E-state index is 0.00279. The average molecular weight is 500 g/mol. The Labute approximate surface area is 210 Å². The third-order valence-corrected chi connectivity index (χ3v) is 7.70. The summed E-state index contributed by atoms with van der Waals surface area (Å²) in [6, 6.07) is 7.62. The van der Waals surface area contributed by atoms with Gasteiger partial charge in [0, 0.05) is 25.5 Å². The van der Waals surface area contributed by atoms with Gasteiger partial charge in [-0.25, -0.2) is 0 Å². The Balaban J connectivity index is 1.62. The second-order valence-corrected chi connectivity index (χ2v) is 9.60. The summed E-state index contributed by atoms with van der Waals surface area (Å²) in [5.74, 6) is 1.07. The lowest BCUT2D eigenvalue weighted by atomic mass is 9.62. The van der Waals surface area contributed by atoms with Crippen molar-refractivity contribution in [2.45, 2.75) is 18.3 Å². The monoisotopic (exact) mass is 499 g/mol. The highest BCUT2D eigenvalue weighted by Crippen LogP contribution is 2.56. The summed E-state index contributed by atoms with van der Waals surface area (Å²) in [7, 11) is 6.77. The van der Waals surface area contributed by atoms with E-state index in [1.165, 1.54) is 14.2 Å². The van der Waals surface area contributed by atoms with Crippen LogP contribution in [0.2, 0.25) is 0 Å². The van der Waals surface area contributed by atoms with E-state index in [0.717, 1.165) is 42.0 Å². The van der Waals surface area contributed by atoms with Crippen molar-refractivity contribution in [3.05, 3.63) is 41.0 Å². The zero-order valence-electron chi connectivity index (χ0n) is 21.1. The summed E-state index contributed by atoms with van der Waals surface area (Å²) in [5.41, 5.74) is 2.94. The molecule has 1 aliphatic carbocycles. The van der Waals surface area contributed by atoms with Crippen LogP contribution < -0.4 is 18.9 Å². The lowest BCUT2D eigenvalue weighted by Gasteiger charge is -2.40. The molecule has 0 bridgehead atoms. The summed E-state index contributed by atoms with van der Waals surface area (Å²) in [5, 5.41) is 10.5. The molecule has 194 valence electrons. The van der Waals surface area contributed by atoms with E-state index in [9.17, 15) is 9.90 Å². The zero-order valence-corrected chi connectivity index (χ0v) is 21.1. The van der Waals surface area contributed by atoms with Crippen molar-refractivity contribution in [2.24, 2.45) is 11.8 Å². The van der Waals surface area contributed by atoms with Crippen molar-refractivity contribution in [2.75, 3.05) is 61.5 Å². The first-order valence-electron chi connectivity index (χ1n) is 12.2. The van der Waals surface area contributed by atoms with Gasteiger partial charge >= 0.3 is 5.97 Å².